The number of rotatable bonds is 4. The highest BCUT2D eigenvalue weighted by Gasteiger charge is 2.19. The van der Waals surface area contributed by atoms with Gasteiger partial charge in [0.2, 0.25) is 0 Å². The van der Waals surface area contributed by atoms with Gasteiger partial charge in [0.15, 0.2) is 0 Å². The van der Waals surface area contributed by atoms with Gasteiger partial charge in [0.25, 0.3) is 0 Å². The molecule has 0 fully saturated rings. The lowest BCUT2D eigenvalue weighted by Gasteiger charge is -2.04. The first-order chi connectivity index (χ1) is 9.92. The van der Waals surface area contributed by atoms with Crippen molar-refractivity contribution in [3.63, 3.8) is 0 Å². The third kappa shape index (κ3) is 3.32. The molecule has 2 rings (SSSR count). The van der Waals surface area contributed by atoms with Gasteiger partial charge in [-0.05, 0) is 63.0 Å². The second-order valence-corrected chi connectivity index (χ2v) is 5.46. The predicted molar refractivity (Wildman–Crippen MR) is 85.3 cm³/mol. The van der Waals surface area contributed by atoms with Crippen molar-refractivity contribution in [2.75, 3.05) is 7.11 Å². The first-order valence-corrected chi connectivity index (χ1v) is 7.13. The molecule has 0 saturated carbocycles. The van der Waals surface area contributed by atoms with Crippen LogP contribution in [0.5, 0.6) is 0 Å². The second kappa shape index (κ2) is 6.12. The van der Waals surface area contributed by atoms with Gasteiger partial charge < -0.3 is 9.72 Å². The van der Waals surface area contributed by atoms with E-state index in [9.17, 15) is 4.79 Å². The van der Waals surface area contributed by atoms with E-state index in [2.05, 4.69) is 36.0 Å². The Balaban J connectivity index is 2.25. The zero-order valence-electron chi connectivity index (χ0n) is 13.3. The van der Waals surface area contributed by atoms with Gasteiger partial charge in [0, 0.05) is 23.5 Å². The lowest BCUT2D eigenvalue weighted by atomic mass is 10.0. The fraction of sp³-hybridized carbons (Fsp3) is 0.412. The number of methoxy groups -OCH3 is 1. The second-order valence-electron chi connectivity index (χ2n) is 5.46. The Morgan fingerprint density at radius 1 is 1.33 bits per heavy atom. The number of nitrogens with zero attached hydrogens (tertiary/aromatic N) is 1. The lowest BCUT2D eigenvalue weighted by molar-refractivity contribution is -0.140. The number of aliphatic imine (C=N–C) groups is 1. The average molecular weight is 286 g/mol. The van der Waals surface area contributed by atoms with Crippen LogP contribution in [0.15, 0.2) is 27.9 Å². The lowest BCUT2D eigenvalue weighted by Crippen LogP contribution is -2.03. The molecule has 0 unspecified atom stereocenters. The van der Waals surface area contributed by atoms with Crippen molar-refractivity contribution < 1.29 is 9.53 Å². The highest BCUT2D eigenvalue weighted by Crippen LogP contribution is 2.30. The molecular weight excluding hydrogens is 264 g/mol. The van der Waals surface area contributed by atoms with Gasteiger partial charge in [-0.15, -0.1) is 0 Å². The van der Waals surface area contributed by atoms with Crippen molar-refractivity contribution in [1.29, 1.82) is 0 Å². The molecular formula is C17H22N2O2. The summed E-state index contributed by atoms with van der Waals surface area (Å²) in [5.74, 6) is -0.184. The Morgan fingerprint density at radius 3 is 2.62 bits per heavy atom. The molecule has 0 saturated heterocycles. The number of aromatic nitrogens is 1. The fourth-order valence-corrected chi connectivity index (χ4v) is 2.63. The predicted octanol–water partition coefficient (Wildman–Crippen LogP) is 3.72. The van der Waals surface area contributed by atoms with E-state index >= 15 is 0 Å². The molecule has 0 amide bonds. The van der Waals surface area contributed by atoms with Crippen molar-refractivity contribution in [1.82, 2.24) is 4.98 Å². The summed E-state index contributed by atoms with van der Waals surface area (Å²) in [5.41, 5.74) is 7.69. The van der Waals surface area contributed by atoms with Crippen molar-refractivity contribution >= 4 is 17.8 Å². The van der Waals surface area contributed by atoms with E-state index in [4.69, 9.17) is 4.74 Å². The van der Waals surface area contributed by atoms with Crippen LogP contribution in [0, 0.1) is 13.8 Å². The van der Waals surface area contributed by atoms with E-state index in [1.807, 2.05) is 13.8 Å². The summed E-state index contributed by atoms with van der Waals surface area (Å²) >= 11 is 0. The number of aryl methyl sites for hydroxylation is 2. The fourth-order valence-electron chi connectivity index (χ4n) is 2.63. The summed E-state index contributed by atoms with van der Waals surface area (Å²) in [4.78, 5) is 19.3. The number of H-pyrrole nitrogens is 1. The Morgan fingerprint density at radius 2 is 2.05 bits per heavy atom. The molecule has 1 aliphatic heterocycles. The number of hydrogen-bond donors (Lipinski definition) is 1. The van der Waals surface area contributed by atoms with Gasteiger partial charge >= 0.3 is 5.97 Å². The monoisotopic (exact) mass is 286 g/mol. The van der Waals surface area contributed by atoms with Gasteiger partial charge in [0.1, 0.15) is 0 Å². The Bertz CT molecular complexity index is 660. The Kier molecular flexibility index (Phi) is 4.46. The Hall–Kier alpha value is -2.10. The number of carbonyl (C=O) groups is 1. The topological polar surface area (TPSA) is 54.5 Å². The van der Waals surface area contributed by atoms with Crippen LogP contribution in [0.4, 0.5) is 0 Å². The number of ether oxygens (including phenoxy) is 1. The van der Waals surface area contributed by atoms with Crippen LogP contribution in [-0.2, 0) is 9.53 Å². The number of allylic oxidation sites excluding steroid dienone is 2. The van der Waals surface area contributed by atoms with Gasteiger partial charge in [-0.1, -0.05) is 0 Å². The SMILES string of the molecule is COC(=O)CCC1=C(C)/C(=C/c2[nH]c(C)cc2C)N=C1C. The van der Waals surface area contributed by atoms with Gasteiger partial charge in [-0.25, -0.2) is 0 Å². The van der Waals surface area contributed by atoms with Crippen LogP contribution in [0.1, 0.15) is 43.6 Å². The number of esters is 1. The molecule has 0 aliphatic carbocycles. The molecule has 4 heteroatoms. The minimum atomic E-state index is -0.184. The van der Waals surface area contributed by atoms with E-state index in [0.717, 1.165) is 33.9 Å². The van der Waals surface area contributed by atoms with Crippen LogP contribution in [0.3, 0.4) is 0 Å². The van der Waals surface area contributed by atoms with E-state index in [-0.39, 0.29) is 5.97 Å². The zero-order valence-corrected chi connectivity index (χ0v) is 13.3. The maximum Gasteiger partial charge on any atom is 0.305 e. The molecule has 4 nitrogen and oxygen atoms in total. The normalized spacial score (nSPS) is 16.6. The van der Waals surface area contributed by atoms with E-state index < -0.39 is 0 Å². The molecule has 0 aromatic carbocycles. The quantitative estimate of drug-likeness (QED) is 0.858. The minimum Gasteiger partial charge on any atom is -0.469 e. The summed E-state index contributed by atoms with van der Waals surface area (Å²) < 4.78 is 4.70. The molecule has 0 bridgehead atoms. The van der Waals surface area contributed by atoms with E-state index in [0.29, 0.717) is 12.8 Å². The van der Waals surface area contributed by atoms with Gasteiger partial charge in [-0.3, -0.25) is 9.79 Å². The summed E-state index contributed by atoms with van der Waals surface area (Å²) in [7, 11) is 1.42. The standard InChI is InChI=1S/C17H22N2O2/c1-10-8-11(2)18-15(10)9-16-12(3)14(13(4)19-16)6-7-17(20)21-5/h8-9,18H,6-7H2,1-5H3/b16-9-. The van der Waals surface area contributed by atoms with Crippen LogP contribution in [0.2, 0.25) is 0 Å². The maximum atomic E-state index is 11.3. The zero-order chi connectivity index (χ0) is 15.6. The molecule has 1 aromatic heterocycles. The first-order valence-electron chi connectivity index (χ1n) is 7.13. The molecule has 0 atom stereocenters. The summed E-state index contributed by atoms with van der Waals surface area (Å²) in [6.07, 6.45) is 3.14. The van der Waals surface area contributed by atoms with E-state index in [1.54, 1.807) is 0 Å². The molecule has 0 radical (unpaired) electrons. The highest BCUT2D eigenvalue weighted by atomic mass is 16.5. The summed E-state index contributed by atoms with van der Waals surface area (Å²) in [5, 5.41) is 0. The summed E-state index contributed by atoms with van der Waals surface area (Å²) in [6, 6.07) is 2.12. The van der Waals surface area contributed by atoms with Crippen molar-refractivity contribution in [3.8, 4) is 0 Å². The first kappa shape index (κ1) is 15.3. The van der Waals surface area contributed by atoms with Crippen LogP contribution >= 0.6 is 0 Å². The molecule has 0 spiro atoms. The molecule has 112 valence electrons. The molecule has 21 heavy (non-hydrogen) atoms. The molecule has 1 N–H and O–H groups in total. The van der Waals surface area contributed by atoms with Gasteiger partial charge in [0.05, 0.1) is 12.8 Å². The molecule has 1 aromatic rings. The number of carbonyl (C=O) groups excluding carboxylic acids is 1. The van der Waals surface area contributed by atoms with Crippen molar-refractivity contribution in [2.45, 2.75) is 40.5 Å². The van der Waals surface area contributed by atoms with Crippen LogP contribution < -0.4 is 0 Å². The highest BCUT2D eigenvalue weighted by molar-refractivity contribution is 6.04. The largest absolute Gasteiger partial charge is 0.469 e. The molecule has 2 heterocycles. The average Bonchev–Trinajstić information content (AvgIpc) is 2.88. The number of hydrogen-bond acceptors (Lipinski definition) is 3. The van der Waals surface area contributed by atoms with Crippen LogP contribution in [0.25, 0.3) is 6.08 Å². The molecule has 1 aliphatic rings. The van der Waals surface area contributed by atoms with E-state index in [1.165, 1.54) is 12.7 Å². The van der Waals surface area contributed by atoms with Crippen molar-refractivity contribution in [3.05, 3.63) is 39.9 Å². The van der Waals surface area contributed by atoms with Gasteiger partial charge in [-0.2, -0.15) is 0 Å². The van der Waals surface area contributed by atoms with Crippen LogP contribution in [-0.4, -0.2) is 23.8 Å². The third-order valence-electron chi connectivity index (χ3n) is 3.84. The number of nitrogens with one attached hydrogen (secondary N) is 1. The third-order valence-corrected chi connectivity index (χ3v) is 3.84. The minimum absolute atomic E-state index is 0.184. The summed E-state index contributed by atoms with van der Waals surface area (Å²) in [6.45, 7) is 8.18. The Labute approximate surface area is 125 Å². The smallest absolute Gasteiger partial charge is 0.305 e. The maximum absolute atomic E-state index is 11.3. The van der Waals surface area contributed by atoms with Crippen molar-refractivity contribution in [2.24, 2.45) is 4.99 Å². The number of aromatic amines is 1.